The highest BCUT2D eigenvalue weighted by Crippen LogP contribution is 2.27. The molecule has 0 spiro atoms. The van der Waals surface area contributed by atoms with Crippen LogP contribution in [0.2, 0.25) is 0 Å². The molecule has 110 valence electrons. The molecule has 1 aromatic carbocycles. The number of nitrogens with two attached hydrogens (primary N) is 1. The molecule has 1 aliphatic carbocycles. The van der Waals surface area contributed by atoms with Crippen molar-refractivity contribution in [3.8, 4) is 0 Å². The maximum Gasteiger partial charge on any atom is 0.319 e. The van der Waals surface area contributed by atoms with Crippen LogP contribution in [0.3, 0.4) is 0 Å². The highest BCUT2D eigenvalue weighted by Gasteiger charge is 2.18. The summed E-state index contributed by atoms with van der Waals surface area (Å²) in [5.74, 6) is 1.48. The average Bonchev–Trinajstić information content (AvgIpc) is 2.47. The van der Waals surface area contributed by atoms with E-state index in [-0.39, 0.29) is 6.03 Å². The molecule has 2 rings (SSSR count). The molecule has 0 bridgehead atoms. The fourth-order valence-electron chi connectivity index (χ4n) is 2.72. The van der Waals surface area contributed by atoms with Crippen LogP contribution < -0.4 is 16.4 Å². The predicted octanol–water partition coefficient (Wildman–Crippen LogP) is 3.09. The SMILES string of the molecule is CC1CCC(CNC(=O)Nc2cccc(CN)c2)CC1. The van der Waals surface area contributed by atoms with E-state index < -0.39 is 0 Å². The fourth-order valence-corrected chi connectivity index (χ4v) is 2.72. The summed E-state index contributed by atoms with van der Waals surface area (Å²) in [6.45, 7) is 3.56. The van der Waals surface area contributed by atoms with Crippen LogP contribution in [0, 0.1) is 11.8 Å². The van der Waals surface area contributed by atoms with Gasteiger partial charge in [0.15, 0.2) is 0 Å². The molecule has 1 fully saturated rings. The predicted molar refractivity (Wildman–Crippen MR) is 82.5 cm³/mol. The van der Waals surface area contributed by atoms with Crippen LogP contribution in [-0.4, -0.2) is 12.6 Å². The molecule has 0 atom stereocenters. The van der Waals surface area contributed by atoms with E-state index in [0.29, 0.717) is 12.5 Å². The molecule has 4 nitrogen and oxygen atoms in total. The number of carbonyl (C=O) groups excluding carboxylic acids is 1. The molecule has 4 heteroatoms. The Kier molecular flexibility index (Phi) is 5.41. The average molecular weight is 275 g/mol. The Hall–Kier alpha value is -1.55. The van der Waals surface area contributed by atoms with Crippen LogP contribution in [0.15, 0.2) is 24.3 Å². The van der Waals surface area contributed by atoms with E-state index in [1.54, 1.807) is 0 Å². The van der Waals surface area contributed by atoms with E-state index in [4.69, 9.17) is 5.73 Å². The number of rotatable bonds is 4. The van der Waals surface area contributed by atoms with E-state index in [0.717, 1.165) is 23.7 Å². The molecule has 0 heterocycles. The van der Waals surface area contributed by atoms with Gasteiger partial charge in [0.25, 0.3) is 0 Å². The van der Waals surface area contributed by atoms with Gasteiger partial charge in [-0.15, -0.1) is 0 Å². The van der Waals surface area contributed by atoms with Crippen molar-refractivity contribution < 1.29 is 4.79 Å². The number of hydrogen-bond donors (Lipinski definition) is 3. The maximum atomic E-state index is 11.9. The molecule has 0 aliphatic heterocycles. The lowest BCUT2D eigenvalue weighted by molar-refractivity contribution is 0.243. The highest BCUT2D eigenvalue weighted by atomic mass is 16.2. The molecule has 1 saturated carbocycles. The standard InChI is InChI=1S/C16H25N3O/c1-12-5-7-13(8-6-12)11-18-16(20)19-15-4-2-3-14(9-15)10-17/h2-4,9,12-13H,5-8,10-11,17H2,1H3,(H2,18,19,20). The molecule has 1 aliphatic rings. The molecule has 0 radical (unpaired) electrons. The zero-order valence-electron chi connectivity index (χ0n) is 12.2. The molecule has 2 amide bonds. The van der Waals surface area contributed by atoms with E-state index in [2.05, 4.69) is 17.6 Å². The zero-order chi connectivity index (χ0) is 14.4. The first-order valence-electron chi connectivity index (χ1n) is 7.51. The number of amides is 2. The fraction of sp³-hybridized carbons (Fsp3) is 0.562. The third kappa shape index (κ3) is 4.53. The van der Waals surface area contributed by atoms with E-state index in [1.807, 2.05) is 24.3 Å². The summed E-state index contributed by atoms with van der Waals surface area (Å²) in [7, 11) is 0. The molecule has 0 saturated heterocycles. The molecule has 0 unspecified atom stereocenters. The quantitative estimate of drug-likeness (QED) is 0.790. The summed E-state index contributed by atoms with van der Waals surface area (Å²) in [4.78, 5) is 11.9. The van der Waals surface area contributed by atoms with Gasteiger partial charge in [0.1, 0.15) is 0 Å². The monoisotopic (exact) mass is 275 g/mol. The molecule has 4 N–H and O–H groups in total. The van der Waals surface area contributed by atoms with Crippen LogP contribution in [0.5, 0.6) is 0 Å². The maximum absolute atomic E-state index is 11.9. The number of hydrogen-bond acceptors (Lipinski definition) is 2. The van der Waals surface area contributed by atoms with Gasteiger partial charge in [-0.2, -0.15) is 0 Å². The van der Waals surface area contributed by atoms with Gasteiger partial charge in [0.2, 0.25) is 0 Å². The largest absolute Gasteiger partial charge is 0.338 e. The lowest BCUT2D eigenvalue weighted by Gasteiger charge is -2.26. The second kappa shape index (κ2) is 7.29. The second-order valence-electron chi connectivity index (χ2n) is 5.87. The van der Waals surface area contributed by atoms with Crippen LogP contribution in [0.1, 0.15) is 38.2 Å². The number of urea groups is 1. The zero-order valence-corrected chi connectivity index (χ0v) is 12.2. The van der Waals surface area contributed by atoms with Gasteiger partial charge >= 0.3 is 6.03 Å². The molecule has 0 aromatic heterocycles. The van der Waals surface area contributed by atoms with E-state index >= 15 is 0 Å². The first kappa shape index (κ1) is 14.9. The van der Waals surface area contributed by atoms with Crippen molar-refractivity contribution in [2.24, 2.45) is 17.6 Å². The Morgan fingerprint density at radius 1 is 1.30 bits per heavy atom. The lowest BCUT2D eigenvalue weighted by atomic mass is 9.83. The van der Waals surface area contributed by atoms with Gasteiger partial charge in [0, 0.05) is 18.8 Å². The first-order chi connectivity index (χ1) is 9.67. The Bertz CT molecular complexity index is 439. The minimum atomic E-state index is -0.127. The Morgan fingerprint density at radius 2 is 2.05 bits per heavy atom. The van der Waals surface area contributed by atoms with E-state index in [9.17, 15) is 4.79 Å². The molecular weight excluding hydrogens is 250 g/mol. The highest BCUT2D eigenvalue weighted by molar-refractivity contribution is 5.89. The summed E-state index contributed by atoms with van der Waals surface area (Å²) in [6, 6.07) is 7.51. The Balaban J connectivity index is 1.74. The number of benzene rings is 1. The van der Waals surface area contributed by atoms with Crippen LogP contribution >= 0.6 is 0 Å². The van der Waals surface area contributed by atoms with Crippen molar-refractivity contribution in [1.82, 2.24) is 5.32 Å². The molecular formula is C16H25N3O. The normalized spacial score (nSPS) is 22.3. The summed E-state index contributed by atoms with van der Waals surface area (Å²) in [5.41, 5.74) is 7.40. The Labute approximate surface area is 121 Å². The summed E-state index contributed by atoms with van der Waals surface area (Å²) in [6.07, 6.45) is 5.02. The minimum Gasteiger partial charge on any atom is -0.338 e. The van der Waals surface area contributed by atoms with Crippen molar-refractivity contribution in [2.75, 3.05) is 11.9 Å². The smallest absolute Gasteiger partial charge is 0.319 e. The van der Waals surface area contributed by atoms with Gasteiger partial charge in [0.05, 0.1) is 0 Å². The first-order valence-corrected chi connectivity index (χ1v) is 7.51. The van der Waals surface area contributed by atoms with Gasteiger partial charge < -0.3 is 16.4 Å². The third-order valence-electron chi connectivity index (χ3n) is 4.11. The van der Waals surface area contributed by atoms with Crippen molar-refractivity contribution in [1.29, 1.82) is 0 Å². The summed E-state index contributed by atoms with van der Waals surface area (Å²) >= 11 is 0. The van der Waals surface area contributed by atoms with Crippen molar-refractivity contribution >= 4 is 11.7 Å². The van der Waals surface area contributed by atoms with Gasteiger partial charge in [-0.1, -0.05) is 31.9 Å². The molecule has 20 heavy (non-hydrogen) atoms. The van der Waals surface area contributed by atoms with Crippen molar-refractivity contribution in [3.63, 3.8) is 0 Å². The lowest BCUT2D eigenvalue weighted by Crippen LogP contribution is -2.34. The Morgan fingerprint density at radius 3 is 2.75 bits per heavy atom. The summed E-state index contributed by atoms with van der Waals surface area (Å²) in [5, 5.41) is 5.83. The topological polar surface area (TPSA) is 67.2 Å². The number of nitrogens with one attached hydrogen (secondary N) is 2. The van der Waals surface area contributed by atoms with E-state index in [1.165, 1.54) is 25.7 Å². The third-order valence-corrected chi connectivity index (χ3v) is 4.11. The summed E-state index contributed by atoms with van der Waals surface area (Å²) < 4.78 is 0. The second-order valence-corrected chi connectivity index (χ2v) is 5.87. The minimum absolute atomic E-state index is 0.127. The van der Waals surface area contributed by atoms with Crippen molar-refractivity contribution in [2.45, 2.75) is 39.2 Å². The van der Waals surface area contributed by atoms with Gasteiger partial charge in [-0.05, 0) is 42.4 Å². The number of anilines is 1. The van der Waals surface area contributed by atoms with Gasteiger partial charge in [-0.25, -0.2) is 4.79 Å². The molecule has 1 aromatic rings. The number of carbonyl (C=O) groups is 1. The van der Waals surface area contributed by atoms with Crippen molar-refractivity contribution in [3.05, 3.63) is 29.8 Å². The van der Waals surface area contributed by atoms with Crippen LogP contribution in [0.25, 0.3) is 0 Å². The van der Waals surface area contributed by atoms with Crippen LogP contribution in [-0.2, 0) is 6.54 Å². The van der Waals surface area contributed by atoms with Crippen LogP contribution in [0.4, 0.5) is 10.5 Å². The van der Waals surface area contributed by atoms with Gasteiger partial charge in [-0.3, -0.25) is 0 Å².